The number of allylic oxidation sites excluding steroid dienone is 2. The van der Waals surface area contributed by atoms with Gasteiger partial charge in [-0.1, -0.05) is 45.4 Å². The molecular formula is C13H25NW-2. The summed E-state index contributed by atoms with van der Waals surface area (Å²) in [5.41, 5.74) is 1.31. The van der Waals surface area contributed by atoms with E-state index in [1.54, 1.807) is 0 Å². The van der Waals surface area contributed by atoms with E-state index in [2.05, 4.69) is 37.1 Å². The molecule has 0 aromatic carbocycles. The maximum atomic E-state index is 4.12. The van der Waals surface area contributed by atoms with Crippen LogP contribution in [0.1, 0.15) is 41.0 Å². The van der Waals surface area contributed by atoms with Crippen LogP contribution in [0.5, 0.6) is 0 Å². The fourth-order valence-corrected chi connectivity index (χ4v) is 0.775. The molecule has 1 atom stereocenters. The van der Waals surface area contributed by atoms with Gasteiger partial charge in [-0.3, -0.25) is 0 Å². The third kappa shape index (κ3) is 20.0. The van der Waals surface area contributed by atoms with E-state index in [4.69, 9.17) is 0 Å². The van der Waals surface area contributed by atoms with Crippen LogP contribution in [-0.2, 0) is 19.4 Å². The van der Waals surface area contributed by atoms with Gasteiger partial charge in [0.2, 0.25) is 0 Å². The molecular weight excluding hydrogens is 354 g/mol. The second-order valence-electron chi connectivity index (χ2n) is 2.62. The van der Waals surface area contributed by atoms with Gasteiger partial charge in [0.25, 0.3) is 0 Å². The zero-order valence-corrected chi connectivity index (χ0v) is 13.7. The molecule has 0 aromatic heterocycles. The van der Waals surface area contributed by atoms with Crippen molar-refractivity contribution in [1.82, 2.24) is 0 Å². The summed E-state index contributed by atoms with van der Waals surface area (Å²) in [6.07, 6.45) is 7.01. The van der Waals surface area contributed by atoms with Crippen LogP contribution in [0, 0.1) is 6.92 Å². The quantitative estimate of drug-likeness (QED) is 0.553. The third-order valence-electron chi connectivity index (χ3n) is 1.16. The number of hydrogen-bond acceptors (Lipinski definition) is 0. The van der Waals surface area contributed by atoms with Gasteiger partial charge in [-0.05, 0) is 6.92 Å². The van der Waals surface area contributed by atoms with Crippen LogP contribution in [0.2, 0.25) is 0 Å². The Morgan fingerprint density at radius 3 is 2.07 bits per heavy atom. The van der Waals surface area contributed by atoms with Gasteiger partial charge in [0.05, 0.1) is 0 Å². The van der Waals surface area contributed by atoms with Gasteiger partial charge in [0.1, 0.15) is 0 Å². The van der Waals surface area contributed by atoms with Crippen molar-refractivity contribution >= 4 is 4.90 Å². The fraction of sp³-hybridized carbons (Fsp3) is 0.538. The average molecular weight is 379 g/mol. The fourth-order valence-electron chi connectivity index (χ4n) is 0.775. The molecule has 0 saturated heterocycles. The Hall–Kier alpha value is -0.162. The molecule has 0 radical (unpaired) electrons. The predicted molar refractivity (Wildman–Crippen MR) is 69.8 cm³/mol. The van der Waals surface area contributed by atoms with Crippen molar-refractivity contribution in [1.29, 1.82) is 0 Å². The van der Waals surface area contributed by atoms with E-state index in [9.17, 15) is 0 Å². The molecule has 1 unspecified atom stereocenters. The Balaban J connectivity index is -0.000000176. The second-order valence-corrected chi connectivity index (χ2v) is 2.62. The van der Waals surface area contributed by atoms with Gasteiger partial charge < -0.3 is 12.2 Å². The first kappa shape index (κ1) is 20.3. The monoisotopic (exact) mass is 379 g/mol. The molecule has 0 saturated carbocycles. The van der Waals surface area contributed by atoms with Crippen LogP contribution in [0.3, 0.4) is 0 Å². The molecule has 0 N–H and O–H groups in total. The van der Waals surface area contributed by atoms with Crippen LogP contribution >= 0.6 is 0 Å². The van der Waals surface area contributed by atoms with Crippen molar-refractivity contribution in [3.63, 3.8) is 0 Å². The summed E-state index contributed by atoms with van der Waals surface area (Å²) >= 11 is 1.33. The summed E-state index contributed by atoms with van der Waals surface area (Å²) in [6.45, 7) is 13.7. The zero-order chi connectivity index (χ0) is 12.7. The summed E-state index contributed by atoms with van der Waals surface area (Å²) < 4.78 is 0. The molecule has 1 nitrogen and oxygen atoms in total. The minimum absolute atomic E-state index is 0.389. The van der Waals surface area contributed by atoms with Crippen LogP contribution in [0.25, 0.3) is 5.32 Å². The van der Waals surface area contributed by atoms with E-state index in [0.29, 0.717) is 6.04 Å². The Bertz CT molecular complexity index is 162. The SMILES string of the molecule is CC.CC1=CC(C)[N-]C=C1.[CH2-]CC.[CH2]=[W]. The summed E-state index contributed by atoms with van der Waals surface area (Å²) in [7, 11) is 0. The first-order valence-electron chi connectivity index (χ1n) is 5.33. The molecule has 0 aliphatic carbocycles. The molecule has 90 valence electrons. The minimum atomic E-state index is 0.389. The van der Waals surface area contributed by atoms with E-state index in [1.165, 1.54) is 24.9 Å². The molecule has 0 bridgehead atoms. The van der Waals surface area contributed by atoms with Gasteiger partial charge in [-0.15, -0.1) is 6.04 Å². The Morgan fingerprint density at radius 2 is 1.87 bits per heavy atom. The van der Waals surface area contributed by atoms with Gasteiger partial charge in [0, 0.05) is 0 Å². The van der Waals surface area contributed by atoms with Crippen LogP contribution in [-0.4, -0.2) is 10.9 Å². The van der Waals surface area contributed by atoms with Crippen molar-refractivity contribution in [3.8, 4) is 0 Å². The third-order valence-corrected chi connectivity index (χ3v) is 1.16. The summed E-state index contributed by atoms with van der Waals surface area (Å²) in [5, 5.41) is 4.12. The van der Waals surface area contributed by atoms with Gasteiger partial charge in [0.15, 0.2) is 0 Å². The van der Waals surface area contributed by atoms with Crippen molar-refractivity contribution in [2.75, 3.05) is 0 Å². The van der Waals surface area contributed by atoms with E-state index in [1.807, 2.05) is 33.0 Å². The van der Waals surface area contributed by atoms with E-state index in [0.717, 1.165) is 6.42 Å². The second kappa shape index (κ2) is 19.4. The molecule has 0 aromatic rings. The van der Waals surface area contributed by atoms with Gasteiger partial charge >= 0.3 is 24.3 Å². The summed E-state index contributed by atoms with van der Waals surface area (Å²) in [5.74, 6) is 0. The maximum absolute atomic E-state index is 4.12. The standard InChI is InChI=1S/C7H10N.C3H7.C2H6.CH2.W/c1-6-3-4-8-7(2)5-6;1-3-2;1-2;;/h3-5,7H,1-2H3;1,3H2,2H3;1-2H3;1H2;/q2*-1;;;. The normalized spacial score (nSPS) is 16.1. The van der Waals surface area contributed by atoms with E-state index >= 15 is 0 Å². The zero-order valence-electron chi connectivity index (χ0n) is 10.8. The number of rotatable bonds is 0. The molecule has 0 spiro atoms. The van der Waals surface area contributed by atoms with Crippen molar-refractivity contribution in [3.05, 3.63) is 36.2 Å². The van der Waals surface area contributed by atoms with Crippen LogP contribution < -0.4 is 0 Å². The molecule has 1 aliphatic rings. The average Bonchev–Trinajstić information content (AvgIpc) is 2.24. The Morgan fingerprint density at radius 1 is 1.47 bits per heavy atom. The Kier molecular flexibility index (Phi) is 26.2. The molecule has 1 aliphatic heterocycles. The number of nitrogens with zero attached hydrogens (tertiary/aromatic N) is 1. The molecule has 0 amide bonds. The topological polar surface area (TPSA) is 14.1 Å². The van der Waals surface area contributed by atoms with Gasteiger partial charge in [-0.2, -0.15) is 12.6 Å². The Labute approximate surface area is 107 Å². The number of hydrogen-bond donors (Lipinski definition) is 0. The van der Waals surface area contributed by atoms with E-state index in [-0.39, 0.29) is 0 Å². The van der Waals surface area contributed by atoms with E-state index < -0.39 is 0 Å². The van der Waals surface area contributed by atoms with Crippen LogP contribution in [0.4, 0.5) is 0 Å². The molecule has 15 heavy (non-hydrogen) atoms. The predicted octanol–water partition coefficient (Wildman–Crippen LogP) is 4.44. The summed E-state index contributed by atoms with van der Waals surface area (Å²) in [6, 6.07) is 0.389. The molecule has 2 heteroatoms. The first-order chi connectivity index (χ1) is 7.20. The summed E-state index contributed by atoms with van der Waals surface area (Å²) in [4.78, 5) is 3.33. The van der Waals surface area contributed by atoms with Crippen molar-refractivity contribution < 1.29 is 19.4 Å². The van der Waals surface area contributed by atoms with Crippen molar-refractivity contribution in [2.45, 2.75) is 47.1 Å². The molecule has 1 heterocycles. The van der Waals surface area contributed by atoms with Crippen LogP contribution in [0.15, 0.2) is 23.9 Å². The first-order valence-corrected chi connectivity index (χ1v) is 7.41. The molecule has 1 rings (SSSR count). The molecule has 0 fully saturated rings. The van der Waals surface area contributed by atoms with Gasteiger partial charge in [-0.25, -0.2) is 0 Å². The van der Waals surface area contributed by atoms with Crippen molar-refractivity contribution in [2.24, 2.45) is 0 Å².